The van der Waals surface area contributed by atoms with Gasteiger partial charge in [-0.1, -0.05) is 22.0 Å². The average Bonchev–Trinajstić information content (AvgIpc) is 2.27. The Bertz CT molecular complexity index is 459. The number of esters is 1. The Morgan fingerprint density at radius 2 is 2.18 bits per heavy atom. The first kappa shape index (κ1) is 13.6. The van der Waals surface area contributed by atoms with Crippen LogP contribution in [0, 0.1) is 17.0 Å². The molecule has 1 rings (SSSR count). The van der Waals surface area contributed by atoms with E-state index in [1.165, 1.54) is 6.07 Å². The number of benzene rings is 1. The number of hydrogen-bond acceptors (Lipinski definition) is 4. The summed E-state index contributed by atoms with van der Waals surface area (Å²) in [5, 5.41) is 11.4. The summed E-state index contributed by atoms with van der Waals surface area (Å²) < 4.78 is 4.82. The van der Waals surface area contributed by atoms with Crippen LogP contribution in [0.2, 0.25) is 0 Å². The van der Waals surface area contributed by atoms with E-state index in [1.807, 2.05) is 0 Å². The number of aryl methyl sites for hydroxylation is 1. The van der Waals surface area contributed by atoms with Crippen molar-refractivity contribution in [2.24, 2.45) is 0 Å². The van der Waals surface area contributed by atoms with Crippen LogP contribution in [0.4, 0.5) is 5.69 Å². The van der Waals surface area contributed by atoms with Crippen LogP contribution in [0.25, 0.3) is 0 Å². The van der Waals surface area contributed by atoms with Gasteiger partial charge >= 0.3 is 5.97 Å². The van der Waals surface area contributed by atoms with Crippen molar-refractivity contribution in [3.63, 3.8) is 0 Å². The molecule has 0 saturated heterocycles. The highest BCUT2D eigenvalue weighted by atomic mass is 79.9. The quantitative estimate of drug-likeness (QED) is 0.371. The second kappa shape index (κ2) is 5.77. The maximum absolute atomic E-state index is 11.7. The van der Waals surface area contributed by atoms with Crippen LogP contribution in [-0.4, -0.2) is 17.5 Å². The predicted molar refractivity (Wildman–Crippen MR) is 66.4 cm³/mol. The molecule has 0 radical (unpaired) electrons. The van der Waals surface area contributed by atoms with Gasteiger partial charge in [-0.05, 0) is 25.0 Å². The van der Waals surface area contributed by atoms with Crippen molar-refractivity contribution in [1.82, 2.24) is 0 Å². The molecular formula is C11H12BrNO4. The van der Waals surface area contributed by atoms with E-state index in [-0.39, 0.29) is 17.9 Å². The summed E-state index contributed by atoms with van der Waals surface area (Å²) in [6.07, 6.45) is 0. The molecule has 0 amide bonds. The molecule has 0 unspecified atom stereocenters. The summed E-state index contributed by atoms with van der Waals surface area (Å²) in [4.78, 5) is 22.0. The molecule has 0 fully saturated rings. The molecule has 17 heavy (non-hydrogen) atoms. The molecule has 0 heterocycles. The second-order valence-electron chi connectivity index (χ2n) is 3.42. The number of nitro benzene ring substituents is 1. The summed E-state index contributed by atoms with van der Waals surface area (Å²) in [5.74, 6) is -0.655. The van der Waals surface area contributed by atoms with E-state index in [0.717, 1.165) is 5.56 Å². The summed E-state index contributed by atoms with van der Waals surface area (Å²) >= 11 is 3.23. The first-order valence-electron chi connectivity index (χ1n) is 5.02. The van der Waals surface area contributed by atoms with Crippen LogP contribution in [0.1, 0.15) is 28.4 Å². The van der Waals surface area contributed by atoms with Gasteiger partial charge in [-0.3, -0.25) is 10.1 Å². The molecule has 0 aliphatic heterocycles. The van der Waals surface area contributed by atoms with E-state index in [2.05, 4.69) is 15.9 Å². The molecule has 0 spiro atoms. The number of alkyl halides is 1. The van der Waals surface area contributed by atoms with Crippen molar-refractivity contribution in [3.05, 3.63) is 38.9 Å². The molecular weight excluding hydrogens is 290 g/mol. The van der Waals surface area contributed by atoms with Crippen LogP contribution < -0.4 is 0 Å². The topological polar surface area (TPSA) is 69.4 Å². The fraction of sp³-hybridized carbons (Fsp3) is 0.364. The third kappa shape index (κ3) is 3.03. The van der Waals surface area contributed by atoms with Crippen molar-refractivity contribution in [3.8, 4) is 0 Å². The van der Waals surface area contributed by atoms with Gasteiger partial charge in [-0.25, -0.2) is 4.79 Å². The van der Waals surface area contributed by atoms with Gasteiger partial charge in [0.15, 0.2) is 0 Å². The van der Waals surface area contributed by atoms with Gasteiger partial charge in [-0.2, -0.15) is 0 Å². The fourth-order valence-corrected chi connectivity index (χ4v) is 1.86. The van der Waals surface area contributed by atoms with E-state index < -0.39 is 10.9 Å². The Morgan fingerprint density at radius 3 is 2.65 bits per heavy atom. The lowest BCUT2D eigenvalue weighted by molar-refractivity contribution is -0.385. The maximum Gasteiger partial charge on any atom is 0.345 e. The minimum absolute atomic E-state index is 0.0292. The highest BCUT2D eigenvalue weighted by Crippen LogP contribution is 2.26. The van der Waals surface area contributed by atoms with Gasteiger partial charge in [0.05, 0.1) is 11.5 Å². The number of nitro groups is 1. The molecule has 0 aliphatic carbocycles. The summed E-state index contributed by atoms with van der Waals surface area (Å²) in [6, 6.07) is 3.11. The molecule has 6 heteroatoms. The molecule has 0 N–H and O–H groups in total. The standard InChI is InChI=1S/C11H12BrNO4/c1-3-17-11(14)10-7(2)4-8(6-12)5-9(10)13(15)16/h4-5H,3,6H2,1-2H3. The van der Waals surface area contributed by atoms with E-state index >= 15 is 0 Å². The average molecular weight is 302 g/mol. The van der Waals surface area contributed by atoms with Crippen LogP contribution in [0.3, 0.4) is 0 Å². The number of halogens is 1. The van der Waals surface area contributed by atoms with E-state index in [9.17, 15) is 14.9 Å². The Balaban J connectivity index is 3.36. The largest absolute Gasteiger partial charge is 0.462 e. The minimum Gasteiger partial charge on any atom is -0.462 e. The summed E-state index contributed by atoms with van der Waals surface area (Å²) in [6.45, 7) is 3.51. The van der Waals surface area contributed by atoms with Gasteiger partial charge in [0, 0.05) is 11.4 Å². The zero-order chi connectivity index (χ0) is 13.0. The van der Waals surface area contributed by atoms with Crippen molar-refractivity contribution in [1.29, 1.82) is 0 Å². The molecule has 0 aliphatic rings. The Morgan fingerprint density at radius 1 is 1.53 bits per heavy atom. The smallest absolute Gasteiger partial charge is 0.345 e. The van der Waals surface area contributed by atoms with E-state index in [0.29, 0.717) is 10.9 Å². The van der Waals surface area contributed by atoms with Gasteiger partial charge in [-0.15, -0.1) is 0 Å². The lowest BCUT2D eigenvalue weighted by atomic mass is 10.0. The van der Waals surface area contributed by atoms with Crippen LogP contribution in [0.15, 0.2) is 12.1 Å². The maximum atomic E-state index is 11.7. The monoisotopic (exact) mass is 301 g/mol. The number of nitrogens with zero attached hydrogens (tertiary/aromatic N) is 1. The SMILES string of the molecule is CCOC(=O)c1c(C)cc(CBr)cc1[N+](=O)[O-]. The molecule has 0 bridgehead atoms. The Kier molecular flexibility index (Phi) is 4.62. The Hall–Kier alpha value is -1.43. The van der Waals surface area contributed by atoms with E-state index in [4.69, 9.17) is 4.74 Å². The van der Waals surface area contributed by atoms with Gasteiger partial charge in [0.2, 0.25) is 0 Å². The van der Waals surface area contributed by atoms with Crippen molar-refractivity contribution < 1.29 is 14.5 Å². The number of hydrogen-bond donors (Lipinski definition) is 0. The number of ether oxygens (including phenoxy) is 1. The normalized spacial score (nSPS) is 10.1. The zero-order valence-corrected chi connectivity index (χ0v) is 11.1. The number of carbonyl (C=O) groups is 1. The first-order chi connectivity index (χ1) is 8.01. The third-order valence-electron chi connectivity index (χ3n) is 2.21. The summed E-state index contributed by atoms with van der Waals surface area (Å²) in [7, 11) is 0. The predicted octanol–water partition coefficient (Wildman–Crippen LogP) is 2.97. The molecule has 1 aromatic carbocycles. The van der Waals surface area contributed by atoms with Crippen LogP contribution >= 0.6 is 15.9 Å². The van der Waals surface area contributed by atoms with Gasteiger partial charge in [0.25, 0.3) is 5.69 Å². The first-order valence-corrected chi connectivity index (χ1v) is 6.14. The highest BCUT2D eigenvalue weighted by Gasteiger charge is 2.24. The second-order valence-corrected chi connectivity index (χ2v) is 3.98. The number of rotatable bonds is 4. The summed E-state index contributed by atoms with van der Waals surface area (Å²) in [5.41, 5.74) is 1.12. The lowest BCUT2D eigenvalue weighted by Gasteiger charge is -2.07. The fourth-order valence-electron chi connectivity index (χ4n) is 1.53. The highest BCUT2D eigenvalue weighted by molar-refractivity contribution is 9.08. The molecule has 1 aromatic rings. The molecule has 0 aromatic heterocycles. The number of carbonyl (C=O) groups excluding carboxylic acids is 1. The van der Waals surface area contributed by atoms with Crippen LogP contribution in [-0.2, 0) is 10.1 Å². The van der Waals surface area contributed by atoms with Crippen molar-refractivity contribution in [2.45, 2.75) is 19.2 Å². The molecule has 0 saturated carbocycles. The van der Waals surface area contributed by atoms with Gasteiger partial charge in [0.1, 0.15) is 5.56 Å². The van der Waals surface area contributed by atoms with Crippen molar-refractivity contribution >= 4 is 27.6 Å². The zero-order valence-electron chi connectivity index (χ0n) is 9.53. The minimum atomic E-state index is -0.655. The van der Waals surface area contributed by atoms with Crippen LogP contribution in [0.5, 0.6) is 0 Å². The molecule has 92 valence electrons. The van der Waals surface area contributed by atoms with E-state index in [1.54, 1.807) is 19.9 Å². The van der Waals surface area contributed by atoms with Gasteiger partial charge < -0.3 is 4.74 Å². The lowest BCUT2D eigenvalue weighted by Crippen LogP contribution is -2.10. The molecule has 0 atom stereocenters. The molecule has 5 nitrogen and oxygen atoms in total. The Labute approximate surface area is 107 Å². The third-order valence-corrected chi connectivity index (χ3v) is 2.85. The van der Waals surface area contributed by atoms with Crippen molar-refractivity contribution in [2.75, 3.05) is 6.61 Å².